The van der Waals surface area contributed by atoms with Gasteiger partial charge in [-0.2, -0.15) is 13.2 Å². The number of aryl methyl sites for hydroxylation is 1. The number of nitrogens with one attached hydrogen (secondary N) is 1. The van der Waals surface area contributed by atoms with Gasteiger partial charge >= 0.3 is 6.18 Å². The molecule has 150 valence electrons. The molecule has 6 nitrogen and oxygen atoms in total. The first-order chi connectivity index (χ1) is 13.5. The van der Waals surface area contributed by atoms with Gasteiger partial charge in [0.05, 0.1) is 10.5 Å². The van der Waals surface area contributed by atoms with Crippen molar-refractivity contribution in [2.24, 2.45) is 5.73 Å². The Balaban J connectivity index is 1.91. The van der Waals surface area contributed by atoms with Crippen LogP contribution in [0.15, 0.2) is 41.3 Å². The zero-order chi connectivity index (χ0) is 21.3. The number of alkyl halides is 3. The van der Waals surface area contributed by atoms with Gasteiger partial charge in [0.2, 0.25) is 5.91 Å². The molecular weight excluding hydrogens is 409 g/mol. The topological polar surface area (TPSA) is 98.5 Å². The second-order valence-corrected chi connectivity index (χ2v) is 7.07. The summed E-state index contributed by atoms with van der Waals surface area (Å²) < 4.78 is 45.5. The number of ether oxygens (including phenoxy) is 1. The van der Waals surface area contributed by atoms with Gasteiger partial charge in [-0.05, 0) is 66.2 Å². The first kappa shape index (κ1) is 20.5. The number of hydrogen-bond acceptors (Lipinski definition) is 5. The normalized spacial score (nSPS) is 15.5. The van der Waals surface area contributed by atoms with Crippen LogP contribution in [-0.2, 0) is 11.0 Å². The van der Waals surface area contributed by atoms with Crippen LogP contribution in [0.25, 0.3) is 6.08 Å². The highest BCUT2D eigenvalue weighted by Gasteiger charge is 2.35. The molecule has 0 unspecified atom stereocenters. The van der Waals surface area contributed by atoms with Crippen LogP contribution in [0.4, 0.5) is 18.0 Å². The summed E-state index contributed by atoms with van der Waals surface area (Å²) in [6.45, 7) is 1.62. The number of benzene rings is 2. The van der Waals surface area contributed by atoms with E-state index >= 15 is 0 Å². The van der Waals surface area contributed by atoms with Crippen molar-refractivity contribution < 1.29 is 32.3 Å². The molecule has 0 aromatic heterocycles. The molecule has 0 bridgehead atoms. The van der Waals surface area contributed by atoms with E-state index < -0.39 is 34.5 Å². The van der Waals surface area contributed by atoms with E-state index in [-0.39, 0.29) is 16.2 Å². The molecule has 1 aliphatic heterocycles. The molecule has 1 heterocycles. The number of carbonyl (C=O) groups excluding carboxylic acids is 3. The fraction of sp³-hybridized carbons (Fsp3) is 0.105. The fourth-order valence-corrected chi connectivity index (χ4v) is 3.24. The van der Waals surface area contributed by atoms with Gasteiger partial charge in [0.25, 0.3) is 11.1 Å². The number of halogens is 3. The third kappa shape index (κ3) is 4.60. The van der Waals surface area contributed by atoms with Crippen molar-refractivity contribution in [1.82, 2.24) is 5.32 Å². The third-order valence-electron chi connectivity index (χ3n) is 3.93. The number of amides is 3. The molecule has 1 aliphatic rings. The molecule has 29 heavy (non-hydrogen) atoms. The quantitative estimate of drug-likeness (QED) is 0.719. The van der Waals surface area contributed by atoms with Crippen molar-refractivity contribution in [3.63, 3.8) is 0 Å². The Morgan fingerprint density at radius 1 is 1.14 bits per heavy atom. The van der Waals surface area contributed by atoms with E-state index in [4.69, 9.17) is 10.5 Å². The van der Waals surface area contributed by atoms with E-state index in [1.165, 1.54) is 18.2 Å². The molecule has 0 radical (unpaired) electrons. The van der Waals surface area contributed by atoms with Crippen molar-refractivity contribution in [2.75, 3.05) is 0 Å². The number of imide groups is 1. The van der Waals surface area contributed by atoms with E-state index in [2.05, 4.69) is 5.32 Å². The van der Waals surface area contributed by atoms with E-state index in [1.54, 1.807) is 13.0 Å². The second-order valence-electron chi connectivity index (χ2n) is 6.05. The van der Waals surface area contributed by atoms with Crippen LogP contribution in [0, 0.1) is 6.92 Å². The average Bonchev–Trinajstić information content (AvgIpc) is 2.93. The Bertz CT molecular complexity index is 1060. The summed E-state index contributed by atoms with van der Waals surface area (Å²) in [7, 11) is 0. The smallest absolute Gasteiger partial charge is 0.420 e. The van der Waals surface area contributed by atoms with Crippen LogP contribution < -0.4 is 15.8 Å². The van der Waals surface area contributed by atoms with Crippen molar-refractivity contribution in [3.8, 4) is 11.5 Å². The van der Waals surface area contributed by atoms with Crippen LogP contribution >= 0.6 is 11.8 Å². The van der Waals surface area contributed by atoms with Gasteiger partial charge in [-0.15, -0.1) is 0 Å². The van der Waals surface area contributed by atoms with Gasteiger partial charge in [-0.3, -0.25) is 19.7 Å². The number of primary amides is 1. The Hall–Kier alpha value is -3.27. The van der Waals surface area contributed by atoms with E-state index in [1.807, 2.05) is 0 Å². The zero-order valence-electron chi connectivity index (χ0n) is 14.8. The van der Waals surface area contributed by atoms with Gasteiger partial charge < -0.3 is 10.5 Å². The molecule has 0 atom stereocenters. The van der Waals surface area contributed by atoms with Crippen molar-refractivity contribution >= 4 is 34.9 Å². The average molecular weight is 422 g/mol. The molecule has 0 saturated carbocycles. The molecule has 3 rings (SSSR count). The molecule has 1 fully saturated rings. The van der Waals surface area contributed by atoms with Crippen molar-refractivity contribution in [1.29, 1.82) is 0 Å². The maximum absolute atomic E-state index is 13.3. The van der Waals surface area contributed by atoms with Crippen molar-refractivity contribution in [2.45, 2.75) is 13.1 Å². The summed E-state index contributed by atoms with van der Waals surface area (Å²) in [6, 6.07) is 7.40. The molecule has 10 heteroatoms. The molecule has 2 aromatic carbocycles. The van der Waals surface area contributed by atoms with E-state index in [0.717, 1.165) is 23.9 Å². The predicted octanol–water partition coefficient (Wildman–Crippen LogP) is 4.23. The highest BCUT2D eigenvalue weighted by atomic mass is 32.2. The minimum absolute atomic E-state index is 0.157. The molecule has 3 N–H and O–H groups in total. The molecule has 0 aliphatic carbocycles. The van der Waals surface area contributed by atoms with Gasteiger partial charge in [0.15, 0.2) is 0 Å². The van der Waals surface area contributed by atoms with Crippen LogP contribution in [0.3, 0.4) is 0 Å². The zero-order valence-corrected chi connectivity index (χ0v) is 15.6. The minimum Gasteiger partial charge on any atom is -0.456 e. The minimum atomic E-state index is -4.75. The number of hydrogen-bond donors (Lipinski definition) is 2. The number of nitrogens with two attached hydrogens (primary N) is 1. The highest BCUT2D eigenvalue weighted by Crippen LogP contribution is 2.39. The molecular formula is C19H13F3N2O4S. The third-order valence-corrected chi connectivity index (χ3v) is 4.74. The number of rotatable bonds is 4. The summed E-state index contributed by atoms with van der Waals surface area (Å²) >= 11 is 0.757. The molecule has 1 saturated heterocycles. The summed E-state index contributed by atoms with van der Waals surface area (Å²) in [6.07, 6.45) is -3.26. The van der Waals surface area contributed by atoms with Crippen molar-refractivity contribution in [3.05, 3.63) is 63.6 Å². The lowest BCUT2D eigenvalue weighted by atomic mass is 10.1. The Morgan fingerprint density at radius 3 is 2.38 bits per heavy atom. The summed E-state index contributed by atoms with van der Waals surface area (Å²) in [5.41, 5.74) is 4.71. The maximum Gasteiger partial charge on any atom is 0.420 e. The summed E-state index contributed by atoms with van der Waals surface area (Å²) in [5.74, 6) is -1.82. The predicted molar refractivity (Wildman–Crippen MR) is 100 cm³/mol. The van der Waals surface area contributed by atoms with Crippen LogP contribution in [0.2, 0.25) is 0 Å². The van der Waals surface area contributed by atoms with Gasteiger partial charge in [0, 0.05) is 5.56 Å². The Kier molecular flexibility index (Phi) is 5.38. The second kappa shape index (κ2) is 7.63. The van der Waals surface area contributed by atoms with E-state index in [0.29, 0.717) is 17.2 Å². The monoisotopic (exact) mass is 422 g/mol. The number of thioether (sulfide) groups is 1. The Morgan fingerprint density at radius 2 is 1.83 bits per heavy atom. The van der Waals surface area contributed by atoms with E-state index in [9.17, 15) is 27.6 Å². The lowest BCUT2D eigenvalue weighted by Gasteiger charge is -2.16. The largest absolute Gasteiger partial charge is 0.456 e. The van der Waals surface area contributed by atoms with Crippen LogP contribution in [-0.4, -0.2) is 17.1 Å². The molecule has 2 aromatic rings. The van der Waals surface area contributed by atoms with Crippen LogP contribution in [0.1, 0.15) is 27.0 Å². The number of carbonyl (C=O) groups is 3. The Labute approximate surface area is 166 Å². The van der Waals surface area contributed by atoms with Gasteiger partial charge in [-0.1, -0.05) is 6.07 Å². The van der Waals surface area contributed by atoms with Crippen LogP contribution in [0.5, 0.6) is 11.5 Å². The first-order valence-electron chi connectivity index (χ1n) is 8.09. The van der Waals surface area contributed by atoms with Gasteiger partial charge in [0.1, 0.15) is 11.5 Å². The molecule has 0 spiro atoms. The fourth-order valence-electron chi connectivity index (χ4n) is 2.56. The lowest BCUT2D eigenvalue weighted by molar-refractivity contribution is -0.138. The standard InChI is InChI=1S/C19H13F3N2O4S/c1-9-6-10(7-15-17(26)24-18(27)29-15)2-4-13(9)28-14-5-3-11(16(23)25)8-12(14)19(20,21)22/h2-8H,1H3,(H2,23,25)(H,24,26,27)/b15-7-. The maximum atomic E-state index is 13.3. The first-order valence-corrected chi connectivity index (χ1v) is 8.90. The van der Waals surface area contributed by atoms with Gasteiger partial charge in [-0.25, -0.2) is 0 Å². The summed E-state index contributed by atoms with van der Waals surface area (Å²) in [5, 5.41) is 1.66. The lowest BCUT2D eigenvalue weighted by Crippen LogP contribution is -2.17. The highest BCUT2D eigenvalue weighted by molar-refractivity contribution is 8.18. The molecule has 3 amide bonds. The SMILES string of the molecule is Cc1cc(/C=C2\SC(=O)NC2=O)ccc1Oc1ccc(C(N)=O)cc1C(F)(F)F. The summed E-state index contributed by atoms with van der Waals surface area (Å²) in [4.78, 5) is 34.2.